The van der Waals surface area contributed by atoms with Crippen LogP contribution in [0.15, 0.2) is 0 Å². The van der Waals surface area contributed by atoms with Gasteiger partial charge < -0.3 is 0 Å². The highest BCUT2D eigenvalue weighted by atomic mass is 32.2. The summed E-state index contributed by atoms with van der Waals surface area (Å²) in [6.07, 6.45) is 11.3. The van der Waals surface area contributed by atoms with Crippen LogP contribution in [0.25, 0.3) is 0 Å². The minimum Gasteiger partial charge on any atom is -0.286 e. The van der Waals surface area contributed by atoms with E-state index in [1.54, 1.807) is 0 Å². The molecule has 0 rings (SSSR count). The van der Waals surface area contributed by atoms with E-state index in [4.69, 9.17) is 4.55 Å². The molecule has 0 saturated heterocycles. The van der Waals surface area contributed by atoms with E-state index in [0.29, 0.717) is 12.8 Å². The van der Waals surface area contributed by atoms with Gasteiger partial charge in [-0.1, -0.05) is 57.8 Å². The highest BCUT2D eigenvalue weighted by Crippen LogP contribution is 2.11. The zero-order valence-electron chi connectivity index (χ0n) is 11.2. The second kappa shape index (κ2) is 11.9. The number of hydrogen-bond donors (Lipinski definition) is 1. The molecule has 0 spiro atoms. The van der Waals surface area contributed by atoms with Crippen molar-refractivity contribution in [2.45, 2.75) is 70.6 Å². The summed E-state index contributed by atoms with van der Waals surface area (Å²) in [5.41, 5.74) is 0. The summed E-state index contributed by atoms with van der Waals surface area (Å²) < 4.78 is 41.2. The Morgan fingerprint density at radius 2 is 1.00 bits per heavy atom. The number of unbranched alkanes of at least 4 members (excludes halogenated alkanes) is 10. The van der Waals surface area contributed by atoms with Crippen LogP contribution < -0.4 is 0 Å². The van der Waals surface area contributed by atoms with Gasteiger partial charge in [-0.05, 0) is 12.8 Å². The highest BCUT2D eigenvalue weighted by molar-refractivity contribution is 7.85. The summed E-state index contributed by atoms with van der Waals surface area (Å²) in [5.74, 6) is -0.110. The van der Waals surface area contributed by atoms with Crippen LogP contribution in [0.1, 0.15) is 70.6 Å². The lowest BCUT2D eigenvalue weighted by atomic mass is 10.1. The fraction of sp³-hybridized carbons (Fsp3) is 1.00. The van der Waals surface area contributed by atoms with Gasteiger partial charge in [0, 0.05) is 0 Å². The highest BCUT2D eigenvalue weighted by Gasteiger charge is 2.02. The van der Waals surface area contributed by atoms with Crippen molar-refractivity contribution in [3.8, 4) is 0 Å². The first-order valence-corrected chi connectivity index (χ1v) is 8.68. The second-order valence-corrected chi connectivity index (χ2v) is 6.44. The van der Waals surface area contributed by atoms with Crippen LogP contribution in [0.5, 0.6) is 0 Å². The largest absolute Gasteiger partial charge is 0.286 e. The summed E-state index contributed by atoms with van der Waals surface area (Å²) in [4.78, 5) is 0. The third-order valence-electron chi connectivity index (χ3n) is 3.04. The van der Waals surface area contributed by atoms with E-state index in [1.807, 2.05) is 0 Å². The van der Waals surface area contributed by atoms with Crippen LogP contribution in [0.2, 0.25) is 0 Å². The Hall–Kier alpha value is -0.160. The normalized spacial score (nSPS) is 11.9. The molecule has 0 aliphatic rings. The molecular weight excluding hydrogens is 255 g/mol. The van der Waals surface area contributed by atoms with E-state index in [9.17, 15) is 12.8 Å². The van der Waals surface area contributed by atoms with Crippen molar-refractivity contribution < 1.29 is 17.4 Å². The monoisotopic (exact) mass is 282 g/mol. The molecule has 0 radical (unpaired) electrons. The van der Waals surface area contributed by atoms with Crippen LogP contribution >= 0.6 is 0 Å². The van der Waals surface area contributed by atoms with Gasteiger partial charge >= 0.3 is 0 Å². The molecule has 0 atom stereocenters. The third kappa shape index (κ3) is 15.8. The smallest absolute Gasteiger partial charge is 0.264 e. The maximum atomic E-state index is 11.8. The molecule has 0 aromatic carbocycles. The minimum absolute atomic E-state index is 0.110. The molecule has 0 aliphatic carbocycles. The van der Waals surface area contributed by atoms with E-state index >= 15 is 0 Å². The van der Waals surface area contributed by atoms with Gasteiger partial charge in [0.2, 0.25) is 0 Å². The molecule has 18 heavy (non-hydrogen) atoms. The van der Waals surface area contributed by atoms with Crippen LogP contribution in [0, 0.1) is 0 Å². The van der Waals surface area contributed by atoms with E-state index in [1.165, 1.54) is 25.7 Å². The van der Waals surface area contributed by atoms with E-state index < -0.39 is 10.1 Å². The molecule has 0 unspecified atom stereocenters. The van der Waals surface area contributed by atoms with E-state index in [-0.39, 0.29) is 12.4 Å². The first-order valence-electron chi connectivity index (χ1n) is 7.07. The lowest BCUT2D eigenvalue weighted by Crippen LogP contribution is -2.03. The van der Waals surface area contributed by atoms with Crippen LogP contribution in [0.3, 0.4) is 0 Å². The summed E-state index contributed by atoms with van der Waals surface area (Å²) in [5, 5.41) is 0. The van der Waals surface area contributed by atoms with Crippen molar-refractivity contribution in [2.75, 3.05) is 12.4 Å². The molecule has 0 aromatic rings. The third-order valence-corrected chi connectivity index (χ3v) is 3.84. The van der Waals surface area contributed by atoms with Gasteiger partial charge in [-0.25, -0.2) is 0 Å². The predicted molar refractivity (Wildman–Crippen MR) is 73.2 cm³/mol. The van der Waals surface area contributed by atoms with Gasteiger partial charge in [0.1, 0.15) is 0 Å². The fourth-order valence-corrected chi connectivity index (χ4v) is 2.54. The molecule has 110 valence electrons. The van der Waals surface area contributed by atoms with Crippen LogP contribution in [-0.4, -0.2) is 25.4 Å². The Kier molecular flexibility index (Phi) is 11.8. The minimum atomic E-state index is -3.76. The molecule has 3 nitrogen and oxygen atoms in total. The molecule has 0 saturated carbocycles. The Morgan fingerprint density at radius 1 is 0.667 bits per heavy atom. The zero-order chi connectivity index (χ0) is 13.7. The summed E-state index contributed by atoms with van der Waals surface area (Å²) in [6.45, 7) is -0.191. The molecule has 0 fully saturated rings. The van der Waals surface area contributed by atoms with Gasteiger partial charge in [0.25, 0.3) is 10.1 Å². The van der Waals surface area contributed by atoms with Gasteiger partial charge in [0.05, 0.1) is 12.4 Å². The van der Waals surface area contributed by atoms with Gasteiger partial charge in [0.15, 0.2) is 0 Å². The Labute approximate surface area is 111 Å². The number of halogens is 1. The molecule has 0 amide bonds. The maximum Gasteiger partial charge on any atom is 0.264 e. The summed E-state index contributed by atoms with van der Waals surface area (Å²) in [6, 6.07) is 0. The van der Waals surface area contributed by atoms with E-state index in [0.717, 1.165) is 32.1 Å². The predicted octanol–water partition coefficient (Wildman–Crippen LogP) is 4.13. The Bertz CT molecular complexity index is 265. The molecule has 0 bridgehead atoms. The topological polar surface area (TPSA) is 54.4 Å². The van der Waals surface area contributed by atoms with E-state index in [2.05, 4.69) is 0 Å². The first-order chi connectivity index (χ1) is 8.56. The SMILES string of the molecule is O=S(=O)(O)CCCCCCCCCCCCCF. The molecular formula is C13H27FO3S. The van der Waals surface area contributed by atoms with Crippen LogP contribution in [0.4, 0.5) is 4.39 Å². The lowest BCUT2D eigenvalue weighted by molar-refractivity contribution is 0.448. The van der Waals surface area contributed by atoms with Crippen LogP contribution in [-0.2, 0) is 10.1 Å². The molecule has 1 N–H and O–H groups in total. The average molecular weight is 282 g/mol. The molecule has 5 heteroatoms. The van der Waals surface area contributed by atoms with Crippen molar-refractivity contribution in [3.63, 3.8) is 0 Å². The average Bonchev–Trinajstić information content (AvgIpc) is 2.29. The van der Waals surface area contributed by atoms with Crippen molar-refractivity contribution in [2.24, 2.45) is 0 Å². The quantitative estimate of drug-likeness (QED) is 0.408. The number of alkyl halides is 1. The second-order valence-electron chi connectivity index (χ2n) is 4.86. The van der Waals surface area contributed by atoms with Gasteiger partial charge in [-0.3, -0.25) is 8.94 Å². The maximum absolute atomic E-state index is 11.8. The van der Waals surface area contributed by atoms with Crippen molar-refractivity contribution in [1.29, 1.82) is 0 Å². The van der Waals surface area contributed by atoms with Crippen molar-refractivity contribution >= 4 is 10.1 Å². The molecule has 0 aromatic heterocycles. The van der Waals surface area contributed by atoms with Crippen molar-refractivity contribution in [3.05, 3.63) is 0 Å². The fourth-order valence-electron chi connectivity index (χ4n) is 1.97. The molecule has 0 heterocycles. The molecule has 0 aliphatic heterocycles. The summed E-state index contributed by atoms with van der Waals surface area (Å²) in [7, 11) is -3.76. The standard InChI is InChI=1S/C13H27FO3S/c14-12-10-8-6-4-2-1-3-5-7-9-11-13-18(15,16)17/h1-13H2,(H,15,16,17). The number of rotatable bonds is 13. The first kappa shape index (κ1) is 17.8. The van der Waals surface area contributed by atoms with Crippen molar-refractivity contribution in [1.82, 2.24) is 0 Å². The lowest BCUT2D eigenvalue weighted by Gasteiger charge is -2.02. The summed E-state index contributed by atoms with van der Waals surface area (Å²) >= 11 is 0. The zero-order valence-corrected chi connectivity index (χ0v) is 12.1. The Morgan fingerprint density at radius 3 is 1.33 bits per heavy atom. The number of hydrogen-bond acceptors (Lipinski definition) is 2. The van der Waals surface area contributed by atoms with Gasteiger partial charge in [-0.2, -0.15) is 8.42 Å². The van der Waals surface area contributed by atoms with Gasteiger partial charge in [-0.15, -0.1) is 0 Å². The Balaban J connectivity index is 3.03.